The monoisotopic (exact) mass is 1860 g/mol. The fraction of sp³-hybridized carbons (Fsp3) is 0.662. The minimum Gasteiger partial charge on any atom is -0.442 e. The van der Waals surface area contributed by atoms with Gasteiger partial charge in [-0.15, -0.1) is 0 Å². The van der Waals surface area contributed by atoms with E-state index < -0.39 is 73.8 Å². The van der Waals surface area contributed by atoms with Gasteiger partial charge in [0.25, 0.3) is 0 Å². The molecule has 0 aromatic carbocycles. The zero-order valence-electron chi connectivity index (χ0n) is 68.6. The summed E-state index contributed by atoms with van der Waals surface area (Å²) in [5.41, 5.74) is 8.85. The molecule has 5 aromatic rings. The van der Waals surface area contributed by atoms with E-state index in [9.17, 15) is 33.1 Å². The van der Waals surface area contributed by atoms with E-state index in [1.165, 1.54) is 43.6 Å². The number of ether oxygens (including phenoxy) is 6. The van der Waals surface area contributed by atoms with Crippen molar-refractivity contribution < 1.29 is 89.8 Å². The van der Waals surface area contributed by atoms with Gasteiger partial charge >= 0.3 is 45.8 Å². The largest absolute Gasteiger partial charge is 0.519 e. The van der Waals surface area contributed by atoms with Crippen LogP contribution in [0.25, 0.3) is 11.0 Å². The van der Waals surface area contributed by atoms with E-state index in [2.05, 4.69) is 94.2 Å². The number of nitrogen functional groups attached to an aromatic ring is 1. The number of nitrogens with two attached hydrogens (primary N) is 1. The van der Waals surface area contributed by atoms with Crippen molar-refractivity contribution in [1.82, 2.24) is 48.8 Å². The standard InChI is InChI=1S/C14H18IN5.C14H25N2O5P.C10H15BrN2O2.C10H16N2O3.C10H18NO3P.C10H18O5.C6H9NO.5CH4.CH3/c15-11-7-20(14-12(11)13(16)17-8-18-14)10-4-9(5-10)6-19-2-1-3-19;1-6-19-22(18,20-7-2)9-8-12-10-15-16(11-12)13(17)21-14(3,4)5;1-10(2,3)15-9(14)13-7-8(4-5-11)6-12-13;1-10(2,3)15-9(14)12-7-8(4-5-13)6-11-12;1-3-13-15(12,14-4-2)8-6-10-5-7-11-9-10;1-9(2,3)14-7(11)13-8(12)15-10(4,5)6;8-4-2-6-1-3-7-5-6;;;;;;/h7-10H,1-6H2,(H2,16,17,18);10-11H,6-9H2,1-5H3;6-7H,4-5H2,1-3H3;6-7,13H,4-5H2,1-3H3;5,9H,3-4,6-8H2,1-2H3;1-6H3;1,5,8H,2-4H2;5*1H4;1H3/q;;;;;;;;;;;;-1. The van der Waals surface area contributed by atoms with Gasteiger partial charge in [0.1, 0.15) is 45.8 Å². The molecule has 666 valence electrons. The molecule has 4 aliphatic rings. The van der Waals surface area contributed by atoms with Gasteiger partial charge in [-0.2, -0.15) is 29.3 Å². The molecule has 8 heterocycles. The third kappa shape index (κ3) is 47.3. The molecule has 116 heavy (non-hydrogen) atoms. The molecular weight excluding hydrogens is 1720 g/mol. The minimum absolute atomic E-state index is 0. The number of carbonyl (C=O) groups is 5. The molecular formula is C80H142BrIN13O19P2-. The Morgan fingerprint density at radius 2 is 0.914 bits per heavy atom. The summed E-state index contributed by atoms with van der Waals surface area (Å²) in [5.74, 6) is 1.45. The highest BCUT2D eigenvalue weighted by Gasteiger charge is 2.35. The van der Waals surface area contributed by atoms with Crippen molar-refractivity contribution in [3.05, 3.63) is 101 Å². The Morgan fingerprint density at radius 1 is 0.543 bits per heavy atom. The van der Waals surface area contributed by atoms with Gasteiger partial charge in [0.2, 0.25) is 0 Å². The maximum Gasteiger partial charge on any atom is 0.519 e. The first-order valence-electron chi connectivity index (χ1n) is 36.7. The number of aromatic nitrogens is 9. The molecule has 0 unspecified atom stereocenters. The summed E-state index contributed by atoms with van der Waals surface area (Å²) in [6.45, 7) is 40.6. The Morgan fingerprint density at radius 3 is 1.25 bits per heavy atom. The van der Waals surface area contributed by atoms with Crippen LogP contribution in [0.1, 0.15) is 224 Å². The normalized spacial score (nSPS) is 14.6. The summed E-state index contributed by atoms with van der Waals surface area (Å²) < 4.78 is 81.5. The first-order chi connectivity index (χ1) is 51.4. The molecule has 0 radical (unpaired) electrons. The molecule has 5 aromatic heterocycles. The summed E-state index contributed by atoms with van der Waals surface area (Å²) in [6.07, 6.45) is 25.2. The van der Waals surface area contributed by atoms with Crippen LogP contribution in [0.2, 0.25) is 0 Å². The molecule has 0 atom stereocenters. The molecule has 4 N–H and O–H groups in total. The molecule has 3 aliphatic heterocycles. The molecule has 0 amide bonds. The second-order valence-corrected chi connectivity index (χ2v) is 36.4. The minimum atomic E-state index is -3.09. The van der Waals surface area contributed by atoms with Crippen LogP contribution >= 0.6 is 53.7 Å². The van der Waals surface area contributed by atoms with E-state index in [0.29, 0.717) is 63.7 Å². The summed E-state index contributed by atoms with van der Waals surface area (Å²) >= 11 is 5.66. The summed E-state index contributed by atoms with van der Waals surface area (Å²) in [5, 5.41) is 30.7. The van der Waals surface area contributed by atoms with Gasteiger partial charge in [0, 0.05) is 71.9 Å². The number of hydrogen-bond donors (Lipinski definition) is 3. The Bertz CT molecular complexity index is 3770. The van der Waals surface area contributed by atoms with Crippen LogP contribution in [0.5, 0.6) is 0 Å². The van der Waals surface area contributed by atoms with E-state index in [4.69, 9.17) is 57.7 Å². The smallest absolute Gasteiger partial charge is 0.442 e. The van der Waals surface area contributed by atoms with Gasteiger partial charge < -0.3 is 79.4 Å². The lowest BCUT2D eigenvalue weighted by atomic mass is 9.79. The Labute approximate surface area is 714 Å². The molecule has 9 rings (SSSR count). The quantitative estimate of drug-likeness (QED) is 0.0104. The van der Waals surface area contributed by atoms with Gasteiger partial charge in [0.05, 0.1) is 75.8 Å². The van der Waals surface area contributed by atoms with Crippen molar-refractivity contribution in [2.45, 2.75) is 254 Å². The van der Waals surface area contributed by atoms with E-state index in [1.807, 2.05) is 59.2 Å². The maximum atomic E-state index is 12.4. The summed E-state index contributed by atoms with van der Waals surface area (Å²) in [4.78, 5) is 76.0. The predicted molar refractivity (Wildman–Crippen MR) is 475 cm³/mol. The van der Waals surface area contributed by atoms with Crippen molar-refractivity contribution in [2.24, 2.45) is 15.9 Å². The number of aliphatic hydroxyl groups excluding tert-OH is 2. The third-order valence-corrected chi connectivity index (χ3v) is 19.9. The highest BCUT2D eigenvalue weighted by molar-refractivity contribution is 14.1. The number of carbonyl (C=O) groups excluding carboxylic acids is 5. The number of aliphatic hydroxyl groups is 2. The molecule has 0 bridgehead atoms. The number of aryl methyl sites for hydroxylation is 2. The van der Waals surface area contributed by atoms with Gasteiger partial charge in [0.15, 0.2) is 0 Å². The first-order valence-corrected chi connectivity index (χ1v) is 42.4. The van der Waals surface area contributed by atoms with Crippen molar-refractivity contribution >= 4 is 114 Å². The number of rotatable bonds is 23. The molecule has 0 spiro atoms. The number of nitrogens with zero attached hydrogens (tertiary/aromatic N) is 12. The zero-order chi connectivity index (χ0) is 82.7. The average Bonchev–Trinajstić information content (AvgIpc) is 1.61. The fourth-order valence-corrected chi connectivity index (χ4v) is 14.4. The topological polar surface area (TPSA) is 390 Å². The Kier molecular flexibility index (Phi) is 55.9. The number of hydrogen-bond acceptors (Lipinski definition) is 28. The lowest BCUT2D eigenvalue weighted by Crippen LogP contribution is -2.43. The Balaban J connectivity index is -0.000000634. The van der Waals surface area contributed by atoms with Crippen LogP contribution in [0.3, 0.4) is 0 Å². The number of halogens is 2. The van der Waals surface area contributed by atoms with Crippen LogP contribution in [-0.4, -0.2) is 220 Å². The highest BCUT2D eigenvalue weighted by atomic mass is 127. The van der Waals surface area contributed by atoms with E-state index in [1.54, 1.807) is 140 Å². The molecule has 36 heteroatoms. The van der Waals surface area contributed by atoms with Crippen LogP contribution < -0.4 is 5.73 Å². The van der Waals surface area contributed by atoms with Gasteiger partial charge in [-0.05, 0) is 252 Å². The van der Waals surface area contributed by atoms with Crippen molar-refractivity contribution in [1.29, 1.82) is 0 Å². The number of allylic oxidation sites excluding steroid dienone is 1. The van der Waals surface area contributed by atoms with E-state index >= 15 is 0 Å². The second kappa shape index (κ2) is 56.0. The van der Waals surface area contributed by atoms with Crippen LogP contribution in [0, 0.1) is 16.9 Å². The predicted octanol–water partition coefficient (Wildman–Crippen LogP) is 19.1. The van der Waals surface area contributed by atoms with E-state index in [-0.39, 0.29) is 63.9 Å². The maximum absolute atomic E-state index is 12.4. The van der Waals surface area contributed by atoms with Crippen LogP contribution in [0.4, 0.5) is 29.8 Å². The average molecular weight is 1860 g/mol. The second-order valence-electron chi connectivity index (χ2n) is 30.1. The summed E-state index contributed by atoms with van der Waals surface area (Å²) in [7, 11) is -5.96. The van der Waals surface area contributed by atoms with E-state index in [0.717, 1.165) is 89.0 Å². The lowest BCUT2D eigenvalue weighted by Gasteiger charge is -2.42. The fourth-order valence-electron chi connectivity index (χ4n) is 9.79. The molecule has 2 fully saturated rings. The van der Waals surface area contributed by atoms with Crippen LogP contribution in [0.15, 0.2) is 83.0 Å². The Hall–Kier alpha value is -6.59. The number of alkyl halides is 1. The van der Waals surface area contributed by atoms with Gasteiger partial charge in [-0.1, -0.05) is 65.2 Å². The number of likely N-dealkylation sites (tertiary alicyclic amines) is 1. The number of aliphatic imine (C=N–C) groups is 2. The molecule has 1 aliphatic carbocycles. The van der Waals surface area contributed by atoms with Gasteiger partial charge in [-0.25, -0.2) is 33.9 Å². The highest BCUT2D eigenvalue weighted by Crippen LogP contribution is 2.50. The first kappa shape index (κ1) is 116. The molecule has 1 saturated heterocycles. The van der Waals surface area contributed by atoms with Crippen molar-refractivity contribution in [3.63, 3.8) is 0 Å². The number of anilines is 1. The number of fused-ring (bicyclic) bond motifs is 1. The molecule has 32 nitrogen and oxygen atoms in total. The van der Waals surface area contributed by atoms with Gasteiger partial charge in [-0.3, -0.25) is 19.1 Å². The zero-order valence-corrected chi connectivity index (χ0v) is 74.1. The summed E-state index contributed by atoms with van der Waals surface area (Å²) in [6, 6.07) is 0.585. The van der Waals surface area contributed by atoms with Crippen molar-refractivity contribution in [3.8, 4) is 0 Å². The van der Waals surface area contributed by atoms with Crippen molar-refractivity contribution in [2.75, 3.05) is 95.8 Å². The molecule has 1 saturated carbocycles. The SMILES string of the molecule is C.C.C.C.C.CC(C)(C)OC(=O)OC(=O)OC(C)(C)C.CC(C)(C)OC(=O)n1cc(CCBr)cn1.CC(C)(C)OC(=O)n1cc(CCO)cn1.CCOP(=O)(CCC1=CCN=C1)OCC.CCOP(=O)(CCc1cnn(C(=O)OC(C)(C)C)c1)OCC.Nc1ncnc2c1c(I)cn2C1CC(CN2CCC2)C1.OCCC1=CCN=C1.[CH3-]. The third-order valence-electron chi connectivity index (χ3n) is 14.5. The van der Waals surface area contributed by atoms with Crippen LogP contribution in [-0.2, 0) is 74.9 Å². The lowest BCUT2D eigenvalue weighted by molar-refractivity contribution is -0.0295.